The zero-order valence-electron chi connectivity index (χ0n) is 11.9. The van der Waals surface area contributed by atoms with Crippen molar-refractivity contribution >= 4 is 21.6 Å². The van der Waals surface area contributed by atoms with Crippen LogP contribution < -0.4 is 14.8 Å². The minimum Gasteiger partial charge on any atom is -0.490 e. The number of fused-ring (bicyclic) bond motifs is 1. The molecular weight excluding hydrogens is 330 g/mol. The number of nitrogens with one attached hydrogen (secondary N) is 1. The second-order valence-corrected chi connectivity index (χ2v) is 6.05. The average Bonchev–Trinajstić information content (AvgIpc) is 2.71. The lowest BCUT2D eigenvalue weighted by Crippen LogP contribution is -2.07. The number of hydrogen-bond acceptors (Lipinski definition) is 3. The van der Waals surface area contributed by atoms with E-state index in [4.69, 9.17) is 9.47 Å². The van der Waals surface area contributed by atoms with Crippen LogP contribution >= 0.6 is 15.9 Å². The van der Waals surface area contributed by atoms with E-state index in [1.54, 1.807) is 0 Å². The highest BCUT2D eigenvalue weighted by molar-refractivity contribution is 9.10. The number of anilines is 1. The Morgan fingerprint density at radius 2 is 1.86 bits per heavy atom. The molecule has 2 aromatic carbocycles. The van der Waals surface area contributed by atoms with Crippen LogP contribution in [0.5, 0.6) is 11.5 Å². The smallest absolute Gasteiger partial charge is 0.161 e. The summed E-state index contributed by atoms with van der Waals surface area (Å²) >= 11 is 3.49. The second-order valence-electron chi connectivity index (χ2n) is 5.13. The maximum atomic E-state index is 5.75. The Balaban J connectivity index is 1.78. The van der Waals surface area contributed by atoms with Gasteiger partial charge in [0.1, 0.15) is 0 Å². The molecule has 1 N–H and O–H groups in total. The van der Waals surface area contributed by atoms with E-state index < -0.39 is 0 Å². The monoisotopic (exact) mass is 347 g/mol. The number of rotatable bonds is 3. The molecule has 0 bridgehead atoms. The van der Waals surface area contributed by atoms with Gasteiger partial charge >= 0.3 is 0 Å². The van der Waals surface area contributed by atoms with Gasteiger partial charge in [0.25, 0.3) is 0 Å². The zero-order valence-corrected chi connectivity index (χ0v) is 13.5. The normalized spacial score (nSPS) is 15.1. The summed E-state index contributed by atoms with van der Waals surface area (Å²) in [6, 6.07) is 14.5. The van der Waals surface area contributed by atoms with E-state index in [9.17, 15) is 0 Å². The average molecular weight is 348 g/mol. The molecule has 1 heterocycles. The first-order chi connectivity index (χ1) is 10.2. The highest BCUT2D eigenvalue weighted by Gasteiger charge is 2.13. The van der Waals surface area contributed by atoms with Crippen molar-refractivity contribution in [3.05, 3.63) is 52.5 Å². The first-order valence-corrected chi connectivity index (χ1v) is 7.93. The molecule has 3 nitrogen and oxygen atoms in total. The first-order valence-electron chi connectivity index (χ1n) is 7.14. The van der Waals surface area contributed by atoms with Crippen LogP contribution in [0, 0.1) is 0 Å². The van der Waals surface area contributed by atoms with Gasteiger partial charge in [0, 0.05) is 22.6 Å². The quantitative estimate of drug-likeness (QED) is 0.866. The molecule has 21 heavy (non-hydrogen) atoms. The highest BCUT2D eigenvalue weighted by atomic mass is 79.9. The third kappa shape index (κ3) is 3.50. The lowest BCUT2D eigenvalue weighted by atomic mass is 10.1. The van der Waals surface area contributed by atoms with Crippen molar-refractivity contribution in [1.82, 2.24) is 0 Å². The van der Waals surface area contributed by atoms with Crippen LogP contribution in [-0.2, 0) is 0 Å². The van der Waals surface area contributed by atoms with E-state index in [0.29, 0.717) is 6.61 Å². The highest BCUT2D eigenvalue weighted by Crippen LogP contribution is 2.33. The molecule has 0 aromatic heterocycles. The summed E-state index contributed by atoms with van der Waals surface area (Å²) in [5, 5.41) is 3.50. The van der Waals surface area contributed by atoms with E-state index in [-0.39, 0.29) is 6.04 Å². The Labute approximate surface area is 133 Å². The molecule has 0 aliphatic carbocycles. The van der Waals surface area contributed by atoms with Gasteiger partial charge in [-0.05, 0) is 42.8 Å². The Morgan fingerprint density at radius 1 is 1.05 bits per heavy atom. The summed E-state index contributed by atoms with van der Waals surface area (Å²) in [6.45, 7) is 3.57. The van der Waals surface area contributed by atoms with Crippen LogP contribution in [0.3, 0.4) is 0 Å². The molecule has 0 amide bonds. The maximum absolute atomic E-state index is 5.75. The Morgan fingerprint density at radius 3 is 2.67 bits per heavy atom. The molecule has 2 aromatic rings. The third-order valence-corrected chi connectivity index (χ3v) is 3.97. The van der Waals surface area contributed by atoms with Gasteiger partial charge < -0.3 is 14.8 Å². The van der Waals surface area contributed by atoms with Gasteiger partial charge in [-0.2, -0.15) is 0 Å². The van der Waals surface area contributed by atoms with Crippen LogP contribution in [0.4, 0.5) is 5.69 Å². The minimum atomic E-state index is 0.191. The van der Waals surface area contributed by atoms with Crippen molar-refractivity contribution in [2.24, 2.45) is 0 Å². The predicted octanol–water partition coefficient (Wildman–Crippen LogP) is 4.78. The summed E-state index contributed by atoms with van der Waals surface area (Å²) in [4.78, 5) is 0. The van der Waals surface area contributed by atoms with Crippen molar-refractivity contribution < 1.29 is 9.47 Å². The molecular formula is C17H18BrNO2. The SMILES string of the molecule is CC(Nc1cccc(Br)c1)c1ccc2c(c1)OCCCO2. The fourth-order valence-corrected chi connectivity index (χ4v) is 2.76. The summed E-state index contributed by atoms with van der Waals surface area (Å²) in [7, 11) is 0. The lowest BCUT2D eigenvalue weighted by Gasteiger charge is -2.17. The van der Waals surface area contributed by atoms with Gasteiger partial charge in [-0.1, -0.05) is 28.1 Å². The Bertz CT molecular complexity index is 630. The number of halogens is 1. The van der Waals surface area contributed by atoms with Crippen molar-refractivity contribution in [2.75, 3.05) is 18.5 Å². The third-order valence-electron chi connectivity index (χ3n) is 3.48. The van der Waals surface area contributed by atoms with E-state index in [0.717, 1.165) is 34.7 Å². The fourth-order valence-electron chi connectivity index (χ4n) is 2.36. The molecule has 110 valence electrons. The molecule has 0 fully saturated rings. The number of benzene rings is 2. The second kappa shape index (κ2) is 6.39. The molecule has 1 unspecified atom stereocenters. The van der Waals surface area contributed by atoms with Crippen LogP contribution in [0.2, 0.25) is 0 Å². The first kappa shape index (κ1) is 14.3. The van der Waals surface area contributed by atoms with Gasteiger partial charge in [0.05, 0.1) is 13.2 Å². The summed E-state index contributed by atoms with van der Waals surface area (Å²) in [5.74, 6) is 1.68. The van der Waals surface area contributed by atoms with Gasteiger partial charge in [-0.25, -0.2) is 0 Å². The van der Waals surface area contributed by atoms with Crippen molar-refractivity contribution in [1.29, 1.82) is 0 Å². The molecule has 1 atom stereocenters. The van der Waals surface area contributed by atoms with Crippen LogP contribution in [0.1, 0.15) is 24.9 Å². The Kier molecular flexibility index (Phi) is 4.34. The predicted molar refractivity (Wildman–Crippen MR) is 88.2 cm³/mol. The zero-order chi connectivity index (χ0) is 14.7. The molecule has 1 aliphatic rings. The number of hydrogen-bond donors (Lipinski definition) is 1. The molecule has 4 heteroatoms. The van der Waals surface area contributed by atoms with Gasteiger partial charge in [-0.3, -0.25) is 0 Å². The summed E-state index contributed by atoms with van der Waals surface area (Å²) in [5.41, 5.74) is 2.27. The fraction of sp³-hybridized carbons (Fsp3) is 0.294. The van der Waals surface area contributed by atoms with E-state index in [1.165, 1.54) is 5.56 Å². The molecule has 1 aliphatic heterocycles. The minimum absolute atomic E-state index is 0.191. The van der Waals surface area contributed by atoms with E-state index in [2.05, 4.69) is 52.4 Å². The molecule has 0 spiro atoms. The lowest BCUT2D eigenvalue weighted by molar-refractivity contribution is 0.297. The van der Waals surface area contributed by atoms with Crippen LogP contribution in [0.15, 0.2) is 46.9 Å². The summed E-state index contributed by atoms with van der Waals surface area (Å²) in [6.07, 6.45) is 0.926. The van der Waals surface area contributed by atoms with E-state index in [1.807, 2.05) is 18.2 Å². The number of ether oxygens (including phenoxy) is 2. The van der Waals surface area contributed by atoms with Gasteiger partial charge in [0.2, 0.25) is 0 Å². The topological polar surface area (TPSA) is 30.5 Å². The molecule has 0 radical (unpaired) electrons. The van der Waals surface area contributed by atoms with Crippen molar-refractivity contribution in [3.63, 3.8) is 0 Å². The standard InChI is InChI=1S/C17H18BrNO2/c1-12(19-15-5-2-4-14(18)11-15)13-6-7-16-17(10-13)21-9-3-8-20-16/h2,4-7,10-12,19H,3,8-9H2,1H3. The van der Waals surface area contributed by atoms with Crippen molar-refractivity contribution in [3.8, 4) is 11.5 Å². The van der Waals surface area contributed by atoms with Crippen LogP contribution in [0.25, 0.3) is 0 Å². The van der Waals surface area contributed by atoms with Gasteiger partial charge in [0.15, 0.2) is 11.5 Å². The van der Waals surface area contributed by atoms with Gasteiger partial charge in [-0.15, -0.1) is 0 Å². The summed E-state index contributed by atoms with van der Waals surface area (Å²) < 4.78 is 12.5. The molecule has 0 saturated heterocycles. The van der Waals surface area contributed by atoms with Crippen LogP contribution in [-0.4, -0.2) is 13.2 Å². The maximum Gasteiger partial charge on any atom is 0.161 e. The van der Waals surface area contributed by atoms with Crippen molar-refractivity contribution in [2.45, 2.75) is 19.4 Å². The Hall–Kier alpha value is -1.68. The van der Waals surface area contributed by atoms with E-state index >= 15 is 0 Å². The molecule has 3 rings (SSSR count). The largest absolute Gasteiger partial charge is 0.490 e. The molecule has 0 saturated carbocycles.